The van der Waals surface area contributed by atoms with E-state index in [1.165, 1.54) is 4.57 Å². The average Bonchev–Trinajstić information content (AvgIpc) is 3.11. The van der Waals surface area contributed by atoms with E-state index in [4.69, 9.17) is 11.6 Å². The molecule has 2 rings (SSSR count). The third-order valence-corrected chi connectivity index (χ3v) is 4.28. The van der Waals surface area contributed by atoms with Crippen molar-refractivity contribution in [2.75, 3.05) is 0 Å². The van der Waals surface area contributed by atoms with Crippen molar-refractivity contribution in [3.05, 3.63) is 31.6 Å². The Morgan fingerprint density at radius 2 is 1.95 bits per heavy atom. The molecular formula is C14H21ClN2O2. The second-order valence-electron chi connectivity index (χ2n) is 5.61. The molecule has 19 heavy (non-hydrogen) atoms. The minimum absolute atomic E-state index is 0.170. The van der Waals surface area contributed by atoms with E-state index in [0.29, 0.717) is 18.5 Å². The van der Waals surface area contributed by atoms with Crippen LogP contribution in [0.1, 0.15) is 51.5 Å². The molecular weight excluding hydrogens is 264 g/mol. The monoisotopic (exact) mass is 284 g/mol. The van der Waals surface area contributed by atoms with E-state index < -0.39 is 0 Å². The van der Waals surface area contributed by atoms with Crippen LogP contribution in [-0.4, -0.2) is 9.55 Å². The Bertz CT molecular complexity index is 570. The van der Waals surface area contributed by atoms with E-state index in [2.05, 4.69) is 11.9 Å². The maximum atomic E-state index is 12.4. The highest BCUT2D eigenvalue weighted by Gasteiger charge is 2.42. The Kier molecular flexibility index (Phi) is 4.19. The van der Waals surface area contributed by atoms with Crippen molar-refractivity contribution in [1.29, 1.82) is 0 Å². The van der Waals surface area contributed by atoms with E-state index in [-0.39, 0.29) is 21.8 Å². The third-order valence-electron chi connectivity index (χ3n) is 3.96. The lowest BCUT2D eigenvalue weighted by molar-refractivity contribution is 0.372. The van der Waals surface area contributed by atoms with Gasteiger partial charge >= 0.3 is 5.69 Å². The lowest BCUT2D eigenvalue weighted by atomic mass is 10.0. The van der Waals surface area contributed by atoms with Gasteiger partial charge in [0.05, 0.1) is 5.56 Å². The van der Waals surface area contributed by atoms with E-state index in [1.807, 2.05) is 6.92 Å². The van der Waals surface area contributed by atoms with Crippen LogP contribution in [-0.2, 0) is 13.0 Å². The second-order valence-corrected chi connectivity index (χ2v) is 5.99. The first-order chi connectivity index (χ1) is 9.03. The Labute approximate surface area is 117 Å². The minimum Gasteiger partial charge on any atom is -0.297 e. The molecule has 0 saturated heterocycles. The fraction of sp³-hybridized carbons (Fsp3) is 0.714. The normalized spacial score (nSPS) is 16.6. The van der Waals surface area contributed by atoms with E-state index in [0.717, 1.165) is 32.1 Å². The SMILES string of the molecule is CCCc1c(Cl)[nH]c(=O)n(CC2(CCC)CC2)c1=O. The minimum atomic E-state index is -0.378. The van der Waals surface area contributed by atoms with Crippen LogP contribution in [0.4, 0.5) is 0 Å². The molecule has 1 aliphatic carbocycles. The van der Waals surface area contributed by atoms with Crippen molar-refractivity contribution in [3.63, 3.8) is 0 Å². The summed E-state index contributed by atoms with van der Waals surface area (Å²) in [6.07, 6.45) is 5.82. The molecule has 1 saturated carbocycles. The highest BCUT2D eigenvalue weighted by Crippen LogP contribution is 2.50. The van der Waals surface area contributed by atoms with Gasteiger partial charge in [-0.25, -0.2) is 4.79 Å². The fourth-order valence-electron chi connectivity index (χ4n) is 2.73. The van der Waals surface area contributed by atoms with Gasteiger partial charge in [0.2, 0.25) is 0 Å². The van der Waals surface area contributed by atoms with Crippen molar-refractivity contribution in [3.8, 4) is 0 Å². The Hall–Kier alpha value is -1.03. The Balaban J connectivity index is 2.38. The molecule has 0 unspecified atom stereocenters. The summed E-state index contributed by atoms with van der Waals surface area (Å²) in [5.41, 5.74) is 0.120. The van der Waals surface area contributed by atoms with Gasteiger partial charge in [-0.2, -0.15) is 0 Å². The number of aromatic amines is 1. The Morgan fingerprint density at radius 3 is 2.47 bits per heavy atom. The van der Waals surface area contributed by atoms with Crippen molar-refractivity contribution in [2.24, 2.45) is 5.41 Å². The van der Waals surface area contributed by atoms with Crippen molar-refractivity contribution >= 4 is 11.6 Å². The number of hydrogen-bond donors (Lipinski definition) is 1. The number of halogens is 1. The van der Waals surface area contributed by atoms with Gasteiger partial charge in [-0.05, 0) is 31.1 Å². The van der Waals surface area contributed by atoms with Crippen LogP contribution in [0, 0.1) is 5.41 Å². The van der Waals surface area contributed by atoms with Crippen LogP contribution < -0.4 is 11.2 Å². The number of nitrogens with one attached hydrogen (secondary N) is 1. The maximum Gasteiger partial charge on any atom is 0.329 e. The van der Waals surface area contributed by atoms with Gasteiger partial charge in [0.1, 0.15) is 5.15 Å². The number of aromatic nitrogens is 2. The molecule has 0 amide bonds. The highest BCUT2D eigenvalue weighted by atomic mass is 35.5. The van der Waals surface area contributed by atoms with Gasteiger partial charge < -0.3 is 0 Å². The highest BCUT2D eigenvalue weighted by molar-refractivity contribution is 6.30. The zero-order chi connectivity index (χ0) is 14.0. The summed E-state index contributed by atoms with van der Waals surface area (Å²) in [5.74, 6) is 0. The zero-order valence-electron chi connectivity index (χ0n) is 11.6. The lowest BCUT2D eigenvalue weighted by Gasteiger charge is -2.16. The van der Waals surface area contributed by atoms with Crippen LogP contribution in [0.5, 0.6) is 0 Å². The standard InChI is InChI=1S/C14H21ClN2O2/c1-3-5-10-11(15)16-13(19)17(12(10)18)9-14(6-4-2)7-8-14/h3-9H2,1-2H3,(H,16,19). The molecule has 4 nitrogen and oxygen atoms in total. The summed E-state index contributed by atoms with van der Waals surface area (Å²) < 4.78 is 1.35. The van der Waals surface area contributed by atoms with Crippen LogP contribution in [0.2, 0.25) is 5.15 Å². The summed E-state index contributed by atoms with van der Waals surface area (Å²) in [7, 11) is 0. The molecule has 0 radical (unpaired) electrons. The molecule has 106 valence electrons. The molecule has 0 bridgehead atoms. The second kappa shape index (κ2) is 5.53. The van der Waals surface area contributed by atoms with Crippen LogP contribution in [0.3, 0.4) is 0 Å². The predicted octanol–water partition coefficient (Wildman–Crippen LogP) is 2.72. The molecule has 1 aromatic rings. The average molecular weight is 285 g/mol. The largest absolute Gasteiger partial charge is 0.329 e. The lowest BCUT2D eigenvalue weighted by Crippen LogP contribution is -2.39. The number of rotatable bonds is 6. The molecule has 1 fully saturated rings. The van der Waals surface area contributed by atoms with Gasteiger partial charge in [0, 0.05) is 6.54 Å². The predicted molar refractivity (Wildman–Crippen MR) is 76.9 cm³/mol. The molecule has 5 heteroatoms. The quantitative estimate of drug-likeness (QED) is 0.817. The zero-order valence-corrected chi connectivity index (χ0v) is 12.3. The van der Waals surface area contributed by atoms with Gasteiger partial charge in [-0.3, -0.25) is 14.3 Å². The third kappa shape index (κ3) is 2.94. The number of hydrogen-bond acceptors (Lipinski definition) is 2. The summed E-state index contributed by atoms with van der Waals surface area (Å²) in [4.78, 5) is 26.9. The topological polar surface area (TPSA) is 54.9 Å². The maximum absolute atomic E-state index is 12.4. The molecule has 1 N–H and O–H groups in total. The molecule has 1 heterocycles. The van der Waals surface area contributed by atoms with Crippen LogP contribution in [0.25, 0.3) is 0 Å². The molecule has 0 aliphatic heterocycles. The summed E-state index contributed by atoms with van der Waals surface area (Å²) in [6, 6.07) is 0. The Morgan fingerprint density at radius 1 is 1.26 bits per heavy atom. The van der Waals surface area contributed by atoms with Crippen LogP contribution in [0.15, 0.2) is 9.59 Å². The number of nitrogens with zero attached hydrogens (tertiary/aromatic N) is 1. The summed E-state index contributed by atoms with van der Waals surface area (Å²) in [6.45, 7) is 4.66. The first kappa shape index (κ1) is 14.4. The summed E-state index contributed by atoms with van der Waals surface area (Å²) >= 11 is 5.96. The van der Waals surface area contributed by atoms with E-state index >= 15 is 0 Å². The first-order valence-corrected chi connectivity index (χ1v) is 7.42. The van der Waals surface area contributed by atoms with Crippen LogP contribution >= 0.6 is 11.6 Å². The van der Waals surface area contributed by atoms with Gasteiger partial charge in [0.25, 0.3) is 5.56 Å². The number of H-pyrrole nitrogens is 1. The molecule has 0 atom stereocenters. The van der Waals surface area contributed by atoms with Gasteiger partial charge in [0.15, 0.2) is 0 Å². The molecule has 0 aromatic carbocycles. The van der Waals surface area contributed by atoms with E-state index in [1.54, 1.807) is 0 Å². The fourth-order valence-corrected chi connectivity index (χ4v) is 2.98. The first-order valence-electron chi connectivity index (χ1n) is 7.04. The smallest absolute Gasteiger partial charge is 0.297 e. The van der Waals surface area contributed by atoms with Crippen molar-refractivity contribution in [1.82, 2.24) is 9.55 Å². The molecule has 1 aliphatic rings. The van der Waals surface area contributed by atoms with Crippen molar-refractivity contribution in [2.45, 2.75) is 58.9 Å². The molecule has 0 spiro atoms. The molecule has 1 aromatic heterocycles. The van der Waals surface area contributed by atoms with Gasteiger partial charge in [-0.15, -0.1) is 0 Å². The van der Waals surface area contributed by atoms with Crippen molar-refractivity contribution < 1.29 is 0 Å². The van der Waals surface area contributed by atoms with Gasteiger partial charge in [-0.1, -0.05) is 38.3 Å². The van der Waals surface area contributed by atoms with E-state index in [9.17, 15) is 9.59 Å². The summed E-state index contributed by atoms with van der Waals surface area (Å²) in [5, 5.41) is 0.202.